The lowest BCUT2D eigenvalue weighted by molar-refractivity contribution is 0.168. The van der Waals surface area contributed by atoms with Crippen LogP contribution < -0.4 is 0 Å². The molecule has 1 aromatic carbocycles. The second kappa shape index (κ2) is 4.81. The van der Waals surface area contributed by atoms with Crippen LogP contribution in [-0.2, 0) is 4.74 Å². The van der Waals surface area contributed by atoms with E-state index in [9.17, 15) is 0 Å². The normalized spacial score (nSPS) is 23.9. The van der Waals surface area contributed by atoms with Crippen molar-refractivity contribution in [1.82, 2.24) is 0 Å². The third-order valence-electron chi connectivity index (χ3n) is 2.08. The highest BCUT2D eigenvalue weighted by Crippen LogP contribution is 2.25. The van der Waals surface area contributed by atoms with Crippen molar-refractivity contribution in [3.63, 3.8) is 0 Å². The van der Waals surface area contributed by atoms with Gasteiger partial charge in [0.25, 0.3) is 0 Å². The third-order valence-corrected chi connectivity index (χ3v) is 3.73. The van der Waals surface area contributed by atoms with Crippen molar-refractivity contribution in [2.24, 2.45) is 0 Å². The maximum Gasteiger partial charge on any atom is 0.144 e. The molecule has 0 aromatic heterocycles. The van der Waals surface area contributed by atoms with Crippen LogP contribution >= 0.6 is 24.0 Å². The number of hydrogen-bond acceptors (Lipinski definition) is 3. The topological polar surface area (TPSA) is 9.23 Å². The van der Waals surface area contributed by atoms with Gasteiger partial charge >= 0.3 is 0 Å². The zero-order valence-electron chi connectivity index (χ0n) is 8.47. The molecule has 0 bridgehead atoms. The quantitative estimate of drug-likeness (QED) is 0.545. The minimum atomic E-state index is 0.247. The van der Waals surface area contributed by atoms with E-state index < -0.39 is 0 Å². The molecular weight excluding hydrogens is 224 g/mol. The van der Waals surface area contributed by atoms with E-state index in [0.29, 0.717) is 0 Å². The summed E-state index contributed by atoms with van der Waals surface area (Å²) in [6.45, 7) is 2.06. The Labute approximate surface area is 99.5 Å². The summed E-state index contributed by atoms with van der Waals surface area (Å²) in [5.41, 5.74) is 1.13. The first kappa shape index (κ1) is 10.7. The Morgan fingerprint density at radius 1 is 1.40 bits per heavy atom. The van der Waals surface area contributed by atoms with Gasteiger partial charge in [0.2, 0.25) is 0 Å². The molecule has 1 aromatic rings. The zero-order valence-corrected chi connectivity index (χ0v) is 10.1. The van der Waals surface area contributed by atoms with Gasteiger partial charge in [-0.2, -0.15) is 0 Å². The lowest BCUT2D eigenvalue weighted by Crippen LogP contribution is -2.20. The van der Waals surface area contributed by atoms with Crippen molar-refractivity contribution in [3.05, 3.63) is 41.7 Å². The van der Waals surface area contributed by atoms with Gasteiger partial charge in [0.05, 0.1) is 0 Å². The van der Waals surface area contributed by atoms with Crippen LogP contribution in [0.4, 0.5) is 0 Å². The maximum absolute atomic E-state index is 5.70. The van der Waals surface area contributed by atoms with Crippen LogP contribution in [-0.4, -0.2) is 16.1 Å². The van der Waals surface area contributed by atoms with Crippen molar-refractivity contribution < 1.29 is 4.74 Å². The Kier molecular flexibility index (Phi) is 3.44. The molecule has 0 spiro atoms. The van der Waals surface area contributed by atoms with Gasteiger partial charge in [-0.1, -0.05) is 42.5 Å². The molecule has 2 rings (SSSR count). The van der Waals surface area contributed by atoms with E-state index in [-0.39, 0.29) is 6.10 Å². The van der Waals surface area contributed by atoms with Gasteiger partial charge in [0.1, 0.15) is 16.1 Å². The molecule has 0 radical (unpaired) electrons. The van der Waals surface area contributed by atoms with Gasteiger partial charge in [-0.3, -0.25) is 0 Å². The van der Waals surface area contributed by atoms with E-state index in [1.165, 1.54) is 0 Å². The molecule has 0 N–H and O–H groups in total. The van der Waals surface area contributed by atoms with Gasteiger partial charge in [-0.25, -0.2) is 0 Å². The fourth-order valence-corrected chi connectivity index (χ4v) is 2.37. The van der Waals surface area contributed by atoms with Gasteiger partial charge in [0, 0.05) is 5.75 Å². The summed E-state index contributed by atoms with van der Waals surface area (Å²) >= 11 is 6.94. The first-order chi connectivity index (χ1) is 7.25. The van der Waals surface area contributed by atoms with Gasteiger partial charge < -0.3 is 4.74 Å². The molecule has 3 heteroatoms. The average Bonchev–Trinajstić information content (AvgIpc) is 2.25. The Morgan fingerprint density at radius 2 is 2.13 bits per heavy atom. The lowest BCUT2D eigenvalue weighted by atomic mass is 10.2. The van der Waals surface area contributed by atoms with Gasteiger partial charge in [-0.15, -0.1) is 11.8 Å². The van der Waals surface area contributed by atoms with Crippen LogP contribution in [0.2, 0.25) is 0 Å². The standard InChI is InChI=1S/C12H12OS2/c1-9-8-15-12(14)11(13-9)7-10-5-3-2-4-6-10/h2-7,9H,8H2,1H3. The molecule has 15 heavy (non-hydrogen) atoms. The van der Waals surface area contributed by atoms with E-state index >= 15 is 0 Å². The van der Waals surface area contributed by atoms with E-state index in [1.807, 2.05) is 36.4 Å². The van der Waals surface area contributed by atoms with Gasteiger partial charge in [0.15, 0.2) is 0 Å². The first-order valence-electron chi connectivity index (χ1n) is 4.86. The van der Waals surface area contributed by atoms with Crippen molar-refractivity contribution in [2.75, 3.05) is 5.75 Å². The highest BCUT2D eigenvalue weighted by Gasteiger charge is 2.18. The maximum atomic E-state index is 5.70. The molecule has 1 saturated heterocycles. The smallest absolute Gasteiger partial charge is 0.144 e. The second-order valence-corrected chi connectivity index (χ2v) is 5.14. The SMILES string of the molecule is CC1CSC(=S)C(=Cc2ccccc2)O1. The predicted octanol–water partition coefficient (Wildman–Crippen LogP) is 3.51. The average molecular weight is 236 g/mol. The number of thiocarbonyl (C=S) groups is 1. The van der Waals surface area contributed by atoms with E-state index in [2.05, 4.69) is 6.92 Å². The Bertz CT molecular complexity index is 384. The molecule has 1 atom stereocenters. The summed E-state index contributed by atoms with van der Waals surface area (Å²) in [6, 6.07) is 10.1. The summed E-state index contributed by atoms with van der Waals surface area (Å²) in [5, 5.41) is 0. The Morgan fingerprint density at radius 3 is 2.87 bits per heavy atom. The number of ether oxygens (including phenoxy) is 1. The molecule has 1 aliphatic rings. The third kappa shape index (κ3) is 2.83. The highest BCUT2D eigenvalue weighted by molar-refractivity contribution is 8.23. The van der Waals surface area contributed by atoms with Crippen molar-refractivity contribution in [2.45, 2.75) is 13.0 Å². The summed E-state index contributed by atoms with van der Waals surface area (Å²) < 4.78 is 6.56. The molecule has 1 heterocycles. The number of thioether (sulfide) groups is 1. The minimum Gasteiger partial charge on any atom is -0.488 e. The van der Waals surface area contributed by atoms with Gasteiger partial charge in [-0.05, 0) is 18.6 Å². The second-order valence-electron chi connectivity index (χ2n) is 3.45. The molecule has 0 amide bonds. The van der Waals surface area contributed by atoms with Crippen LogP contribution in [0.5, 0.6) is 0 Å². The molecule has 1 nitrogen and oxygen atoms in total. The summed E-state index contributed by atoms with van der Waals surface area (Å²) in [4.78, 5) is 0. The van der Waals surface area contributed by atoms with E-state index in [1.54, 1.807) is 11.8 Å². The predicted molar refractivity (Wildman–Crippen MR) is 70.0 cm³/mol. The summed E-state index contributed by atoms with van der Waals surface area (Å²) in [7, 11) is 0. The summed E-state index contributed by atoms with van der Waals surface area (Å²) in [5.74, 6) is 1.78. The fourth-order valence-electron chi connectivity index (χ4n) is 1.36. The molecule has 1 unspecified atom stereocenters. The monoisotopic (exact) mass is 236 g/mol. The lowest BCUT2D eigenvalue weighted by Gasteiger charge is -2.23. The van der Waals surface area contributed by atoms with Crippen LogP contribution in [0.15, 0.2) is 36.1 Å². The minimum absolute atomic E-state index is 0.247. The molecule has 78 valence electrons. The Hall–Kier alpha value is -0.800. The molecule has 1 aliphatic heterocycles. The van der Waals surface area contributed by atoms with Crippen molar-refractivity contribution in [1.29, 1.82) is 0 Å². The first-order valence-corrected chi connectivity index (χ1v) is 6.25. The van der Waals surface area contributed by atoms with Crippen LogP contribution in [0.1, 0.15) is 12.5 Å². The Balaban J connectivity index is 2.22. The van der Waals surface area contributed by atoms with Crippen LogP contribution in [0.3, 0.4) is 0 Å². The van der Waals surface area contributed by atoms with E-state index in [0.717, 1.165) is 21.3 Å². The molecule has 0 aliphatic carbocycles. The summed E-state index contributed by atoms with van der Waals surface area (Å²) in [6.07, 6.45) is 2.25. The number of benzene rings is 1. The van der Waals surface area contributed by atoms with Crippen molar-refractivity contribution in [3.8, 4) is 0 Å². The van der Waals surface area contributed by atoms with Crippen molar-refractivity contribution >= 4 is 34.3 Å². The van der Waals surface area contributed by atoms with Crippen LogP contribution in [0, 0.1) is 0 Å². The largest absolute Gasteiger partial charge is 0.488 e. The zero-order chi connectivity index (χ0) is 10.7. The molecule has 0 saturated carbocycles. The molecular formula is C12H12OS2. The highest BCUT2D eigenvalue weighted by atomic mass is 32.2. The molecule has 1 fully saturated rings. The van der Waals surface area contributed by atoms with E-state index in [4.69, 9.17) is 17.0 Å². The number of rotatable bonds is 1. The number of hydrogen-bond donors (Lipinski definition) is 0. The fraction of sp³-hybridized carbons (Fsp3) is 0.250. The van der Waals surface area contributed by atoms with Crippen LogP contribution in [0.25, 0.3) is 6.08 Å².